The summed E-state index contributed by atoms with van der Waals surface area (Å²) < 4.78 is 6.90. The van der Waals surface area contributed by atoms with Gasteiger partial charge in [0.1, 0.15) is 19.2 Å². The standard InChI is InChI=1S/C25H24N4O5/c30-23(29-11-5-10-22(29)24(31)32)14-28-13-16(12-26-28)27-25(33)34-15-21-19-8-3-1-6-17(19)18-7-2-4-9-20(18)21/h1-4,6-9,12-13,21-22H,5,10-11,14-15H2,(H,27,33)(H,31,32)/t22-/m1/s1. The average Bonchev–Trinajstić information content (AvgIpc) is 3.56. The van der Waals surface area contributed by atoms with Crippen LogP contribution >= 0.6 is 0 Å². The van der Waals surface area contributed by atoms with E-state index >= 15 is 0 Å². The van der Waals surface area contributed by atoms with Crippen LogP contribution in [-0.2, 0) is 20.9 Å². The van der Waals surface area contributed by atoms with E-state index in [9.17, 15) is 19.5 Å². The highest BCUT2D eigenvalue weighted by atomic mass is 16.5. The number of hydrogen-bond acceptors (Lipinski definition) is 5. The highest BCUT2D eigenvalue weighted by Crippen LogP contribution is 2.44. The van der Waals surface area contributed by atoms with Crippen molar-refractivity contribution < 1.29 is 24.2 Å². The molecule has 34 heavy (non-hydrogen) atoms. The van der Waals surface area contributed by atoms with E-state index in [1.807, 2.05) is 24.3 Å². The van der Waals surface area contributed by atoms with Crippen molar-refractivity contribution in [3.63, 3.8) is 0 Å². The number of amides is 2. The van der Waals surface area contributed by atoms with Crippen LogP contribution in [0, 0.1) is 0 Å². The van der Waals surface area contributed by atoms with Gasteiger partial charge in [-0.1, -0.05) is 48.5 Å². The van der Waals surface area contributed by atoms with E-state index in [0.29, 0.717) is 25.1 Å². The summed E-state index contributed by atoms with van der Waals surface area (Å²) in [5.74, 6) is -1.36. The highest BCUT2D eigenvalue weighted by molar-refractivity contribution is 5.86. The number of carboxylic acid groups (broad SMARTS) is 1. The molecule has 1 aliphatic heterocycles. The van der Waals surface area contributed by atoms with E-state index in [2.05, 4.69) is 34.7 Å². The van der Waals surface area contributed by atoms with Crippen molar-refractivity contribution >= 4 is 23.7 Å². The van der Waals surface area contributed by atoms with E-state index in [4.69, 9.17) is 4.74 Å². The Labute approximate surface area is 195 Å². The zero-order chi connectivity index (χ0) is 23.7. The number of carbonyl (C=O) groups is 3. The molecule has 1 aliphatic carbocycles. The first-order chi connectivity index (χ1) is 16.5. The van der Waals surface area contributed by atoms with Gasteiger partial charge in [0.05, 0.1) is 11.9 Å². The topological polar surface area (TPSA) is 114 Å². The van der Waals surface area contributed by atoms with Crippen LogP contribution in [-0.4, -0.2) is 57.0 Å². The quantitative estimate of drug-likeness (QED) is 0.583. The molecule has 2 amide bonds. The van der Waals surface area contributed by atoms with Gasteiger partial charge in [0.2, 0.25) is 5.91 Å². The Morgan fingerprint density at radius 1 is 1.06 bits per heavy atom. The Kier molecular flexibility index (Phi) is 5.75. The lowest BCUT2D eigenvalue weighted by Crippen LogP contribution is -2.42. The molecule has 0 saturated carbocycles. The fraction of sp³-hybridized carbons (Fsp3) is 0.280. The van der Waals surface area contributed by atoms with Gasteiger partial charge in [0.25, 0.3) is 0 Å². The third kappa shape index (κ3) is 4.12. The van der Waals surface area contributed by atoms with Crippen molar-refractivity contribution in [2.45, 2.75) is 31.3 Å². The summed E-state index contributed by atoms with van der Waals surface area (Å²) in [7, 11) is 0. The summed E-state index contributed by atoms with van der Waals surface area (Å²) in [5, 5.41) is 16.0. The van der Waals surface area contributed by atoms with Crippen LogP contribution in [0.25, 0.3) is 11.1 Å². The number of anilines is 1. The lowest BCUT2D eigenvalue weighted by atomic mass is 9.98. The molecule has 0 radical (unpaired) electrons. The number of nitrogens with zero attached hydrogens (tertiary/aromatic N) is 3. The van der Waals surface area contributed by atoms with Gasteiger partial charge in [-0.15, -0.1) is 0 Å². The minimum Gasteiger partial charge on any atom is -0.480 e. The Morgan fingerprint density at radius 2 is 1.74 bits per heavy atom. The second-order valence-electron chi connectivity index (χ2n) is 8.46. The third-order valence-electron chi connectivity index (χ3n) is 6.38. The highest BCUT2D eigenvalue weighted by Gasteiger charge is 2.34. The Hall–Kier alpha value is -4.14. The number of carboxylic acids is 1. The van der Waals surface area contributed by atoms with Crippen molar-refractivity contribution in [2.75, 3.05) is 18.5 Å². The molecular weight excluding hydrogens is 436 g/mol. The molecule has 0 unspecified atom stereocenters. The average molecular weight is 460 g/mol. The van der Waals surface area contributed by atoms with Gasteiger partial charge in [-0.2, -0.15) is 5.10 Å². The number of carbonyl (C=O) groups excluding carboxylic acids is 2. The molecule has 9 nitrogen and oxygen atoms in total. The second kappa shape index (κ2) is 9.01. The van der Waals surface area contributed by atoms with Crippen molar-refractivity contribution in [1.29, 1.82) is 0 Å². The van der Waals surface area contributed by atoms with Crippen LogP contribution in [0.15, 0.2) is 60.9 Å². The number of nitrogens with one attached hydrogen (secondary N) is 1. The first-order valence-corrected chi connectivity index (χ1v) is 11.2. The first kappa shape index (κ1) is 21.7. The van der Waals surface area contributed by atoms with Crippen LogP contribution in [0.3, 0.4) is 0 Å². The number of ether oxygens (including phenoxy) is 1. The number of aromatic nitrogens is 2. The summed E-state index contributed by atoms with van der Waals surface area (Å²) in [6.07, 6.45) is 3.45. The van der Waals surface area contributed by atoms with Crippen LogP contribution in [0.4, 0.5) is 10.5 Å². The number of hydrogen-bond donors (Lipinski definition) is 2. The smallest absolute Gasteiger partial charge is 0.411 e. The zero-order valence-corrected chi connectivity index (χ0v) is 18.4. The van der Waals surface area contributed by atoms with E-state index in [0.717, 1.165) is 22.3 Å². The molecule has 0 bridgehead atoms. The SMILES string of the molecule is O=C(Nc1cnn(CC(=O)N2CCC[C@@H]2C(=O)O)c1)OCC1c2ccccc2-c2ccccc21. The predicted octanol–water partition coefficient (Wildman–Crippen LogP) is 3.32. The van der Waals surface area contributed by atoms with Gasteiger partial charge in [-0.05, 0) is 35.1 Å². The summed E-state index contributed by atoms with van der Waals surface area (Å²) in [6, 6.07) is 15.4. The van der Waals surface area contributed by atoms with E-state index in [1.54, 1.807) is 0 Å². The molecule has 174 valence electrons. The summed E-state index contributed by atoms with van der Waals surface area (Å²) in [6.45, 7) is 0.510. The minimum absolute atomic E-state index is 0.0406. The van der Waals surface area contributed by atoms with Gasteiger partial charge in [-0.3, -0.25) is 14.8 Å². The van der Waals surface area contributed by atoms with Crippen molar-refractivity contribution in [1.82, 2.24) is 14.7 Å². The summed E-state index contributed by atoms with van der Waals surface area (Å²) in [4.78, 5) is 37.6. The van der Waals surface area contributed by atoms with Crippen molar-refractivity contribution in [2.24, 2.45) is 0 Å². The number of likely N-dealkylation sites (tertiary alicyclic amines) is 1. The van der Waals surface area contributed by atoms with Gasteiger partial charge in [0.15, 0.2) is 0 Å². The molecule has 1 fully saturated rings. The van der Waals surface area contributed by atoms with Crippen LogP contribution < -0.4 is 5.32 Å². The largest absolute Gasteiger partial charge is 0.480 e. The Bertz CT molecular complexity index is 1210. The van der Waals surface area contributed by atoms with E-state index < -0.39 is 18.1 Å². The number of aliphatic carboxylic acids is 1. The maximum absolute atomic E-state index is 12.5. The van der Waals surface area contributed by atoms with Crippen LogP contribution in [0.5, 0.6) is 0 Å². The molecule has 1 aromatic heterocycles. The van der Waals surface area contributed by atoms with Crippen molar-refractivity contribution in [3.8, 4) is 11.1 Å². The fourth-order valence-corrected chi connectivity index (χ4v) is 4.82. The van der Waals surface area contributed by atoms with Crippen LogP contribution in [0.2, 0.25) is 0 Å². The number of rotatable bonds is 6. The lowest BCUT2D eigenvalue weighted by Gasteiger charge is -2.21. The molecular formula is C25H24N4O5. The first-order valence-electron chi connectivity index (χ1n) is 11.2. The maximum Gasteiger partial charge on any atom is 0.411 e. The fourth-order valence-electron chi connectivity index (χ4n) is 4.82. The molecule has 2 heterocycles. The number of fused-ring (bicyclic) bond motifs is 3. The minimum atomic E-state index is -0.996. The lowest BCUT2D eigenvalue weighted by molar-refractivity contribution is -0.148. The molecule has 3 aromatic rings. The number of benzene rings is 2. The van der Waals surface area contributed by atoms with Gasteiger partial charge < -0.3 is 14.7 Å². The third-order valence-corrected chi connectivity index (χ3v) is 6.38. The predicted molar refractivity (Wildman–Crippen MR) is 123 cm³/mol. The molecule has 1 atom stereocenters. The summed E-state index contributed by atoms with van der Waals surface area (Å²) >= 11 is 0. The van der Waals surface area contributed by atoms with Crippen molar-refractivity contribution in [3.05, 3.63) is 72.1 Å². The van der Waals surface area contributed by atoms with Gasteiger partial charge in [-0.25, -0.2) is 9.59 Å². The maximum atomic E-state index is 12.5. The van der Waals surface area contributed by atoms with Crippen LogP contribution in [0.1, 0.15) is 29.9 Å². The molecule has 2 aliphatic rings. The molecule has 5 rings (SSSR count). The molecule has 2 N–H and O–H groups in total. The molecule has 9 heteroatoms. The summed E-state index contributed by atoms with van der Waals surface area (Å²) in [5.41, 5.74) is 4.96. The monoisotopic (exact) mass is 460 g/mol. The zero-order valence-electron chi connectivity index (χ0n) is 18.4. The van der Waals surface area contributed by atoms with Gasteiger partial charge in [0, 0.05) is 18.7 Å². The van der Waals surface area contributed by atoms with E-state index in [1.165, 1.54) is 22.0 Å². The Morgan fingerprint density at radius 3 is 2.41 bits per heavy atom. The molecule has 0 spiro atoms. The van der Waals surface area contributed by atoms with Gasteiger partial charge >= 0.3 is 12.1 Å². The molecule has 1 saturated heterocycles. The van der Waals surface area contributed by atoms with E-state index in [-0.39, 0.29) is 25.0 Å². The Balaban J connectivity index is 1.18. The normalized spacial score (nSPS) is 16.7. The second-order valence-corrected chi connectivity index (χ2v) is 8.46. The molecule has 2 aromatic carbocycles.